The number of hydrogen-bond acceptors (Lipinski definition) is 11. The van der Waals surface area contributed by atoms with E-state index in [4.69, 9.17) is 28.4 Å². The molecule has 0 aliphatic carbocycles. The molecule has 6 rings (SSSR count). The summed E-state index contributed by atoms with van der Waals surface area (Å²) in [5.74, 6) is 1.30. The number of hydrogen-bond donors (Lipinski definition) is 2. The third kappa shape index (κ3) is 8.18. The zero-order valence-corrected chi connectivity index (χ0v) is 27.7. The molecular formula is C34H41N3O10S. The summed E-state index contributed by atoms with van der Waals surface area (Å²) in [6.07, 6.45) is -0.754. The highest BCUT2D eigenvalue weighted by Crippen LogP contribution is 2.35. The van der Waals surface area contributed by atoms with Gasteiger partial charge >= 0.3 is 6.09 Å². The Bertz CT molecular complexity index is 1640. The topological polar surface area (TPSA) is 155 Å². The van der Waals surface area contributed by atoms with Gasteiger partial charge in [-0.15, -0.1) is 0 Å². The molecule has 48 heavy (non-hydrogen) atoms. The Balaban J connectivity index is 1.18. The average Bonchev–Trinajstić information content (AvgIpc) is 3.83. The SMILES string of the molecule is CC(C)CN(C[C@@H](O)[C@H](Cc1ccc(OCc2ccccn2)cc1)NC(=O)O[C@H]1CO[C@H]2COC[C@H]21)S(=O)(=O)c1ccc2c(c1)OCO2. The molecule has 13 nitrogen and oxygen atoms in total. The number of aliphatic hydroxyl groups is 1. The summed E-state index contributed by atoms with van der Waals surface area (Å²) in [5.41, 5.74) is 1.57. The van der Waals surface area contributed by atoms with Crippen LogP contribution in [-0.4, -0.2) is 93.0 Å². The quantitative estimate of drug-likeness (QED) is 0.258. The molecule has 1 amide bonds. The van der Waals surface area contributed by atoms with Gasteiger partial charge in [-0.3, -0.25) is 4.98 Å². The minimum atomic E-state index is -4.07. The van der Waals surface area contributed by atoms with Gasteiger partial charge in [-0.2, -0.15) is 4.31 Å². The second-order valence-electron chi connectivity index (χ2n) is 12.5. The van der Waals surface area contributed by atoms with Crippen molar-refractivity contribution in [3.63, 3.8) is 0 Å². The molecular weight excluding hydrogens is 642 g/mol. The van der Waals surface area contributed by atoms with Crippen molar-refractivity contribution in [3.05, 3.63) is 78.1 Å². The lowest BCUT2D eigenvalue weighted by Crippen LogP contribution is -2.51. The number of fused-ring (bicyclic) bond motifs is 2. The lowest BCUT2D eigenvalue weighted by molar-refractivity contribution is 0.0271. The fraction of sp³-hybridized carbons (Fsp3) is 0.471. The van der Waals surface area contributed by atoms with Crippen molar-refractivity contribution in [1.29, 1.82) is 0 Å². The number of carbonyl (C=O) groups excluding carboxylic acids is 1. The third-order valence-corrected chi connectivity index (χ3v) is 10.3. The highest BCUT2D eigenvalue weighted by Gasteiger charge is 2.44. The van der Waals surface area contributed by atoms with Crippen LogP contribution in [0.15, 0.2) is 71.8 Å². The Labute approximate surface area is 280 Å². The van der Waals surface area contributed by atoms with Crippen LogP contribution in [0, 0.1) is 11.8 Å². The molecule has 2 aromatic carbocycles. The highest BCUT2D eigenvalue weighted by molar-refractivity contribution is 7.89. The number of sulfonamides is 1. The maximum absolute atomic E-state index is 13.9. The number of aliphatic hydroxyl groups excluding tert-OH is 1. The maximum atomic E-state index is 13.9. The second kappa shape index (κ2) is 15.1. The first-order chi connectivity index (χ1) is 23.2. The minimum absolute atomic E-state index is 0.00938. The van der Waals surface area contributed by atoms with Crippen LogP contribution in [0.1, 0.15) is 25.1 Å². The number of pyridine rings is 1. The first-order valence-electron chi connectivity index (χ1n) is 16.0. The zero-order valence-electron chi connectivity index (χ0n) is 26.9. The predicted molar refractivity (Wildman–Crippen MR) is 172 cm³/mol. The average molecular weight is 684 g/mol. The second-order valence-corrected chi connectivity index (χ2v) is 14.5. The van der Waals surface area contributed by atoms with E-state index in [-0.39, 0.29) is 55.7 Å². The Morgan fingerprint density at radius 1 is 1.04 bits per heavy atom. The number of benzene rings is 2. The summed E-state index contributed by atoms with van der Waals surface area (Å²) < 4.78 is 62.6. The van der Waals surface area contributed by atoms with Gasteiger partial charge in [0, 0.05) is 25.4 Å². The molecule has 2 fully saturated rings. The van der Waals surface area contributed by atoms with Crippen LogP contribution in [0.25, 0.3) is 0 Å². The van der Waals surface area contributed by atoms with Crippen molar-refractivity contribution >= 4 is 16.1 Å². The summed E-state index contributed by atoms with van der Waals surface area (Å²) in [6.45, 7) is 5.10. The standard InChI is InChI=1S/C34H41N3O10S/c1-22(2)15-37(48(40,41)26-10-11-30-31(14-26)46-21-45-30)16-29(38)28(36-34(39)47-33-20-44-32-19-42-18-27(32)33)13-23-6-8-25(9-7-23)43-17-24-5-3-4-12-35-24/h3-12,14,22,27-29,32-33,38H,13,15-21H2,1-2H3,(H,36,39)/t27-,28+,29-,32+,33+/m1/s1. The fourth-order valence-corrected chi connectivity index (χ4v) is 7.59. The van der Waals surface area contributed by atoms with Crippen LogP contribution in [0.2, 0.25) is 0 Å². The van der Waals surface area contributed by atoms with Gasteiger partial charge in [0.2, 0.25) is 16.8 Å². The number of aromatic nitrogens is 1. The van der Waals surface area contributed by atoms with Gasteiger partial charge in [-0.25, -0.2) is 13.2 Å². The van der Waals surface area contributed by atoms with Crippen molar-refractivity contribution in [2.75, 3.05) is 39.7 Å². The molecule has 3 aliphatic rings. The number of nitrogens with one attached hydrogen (secondary N) is 1. The van der Waals surface area contributed by atoms with Gasteiger partial charge in [0.05, 0.1) is 54.6 Å². The van der Waals surface area contributed by atoms with Gasteiger partial charge in [0.15, 0.2) is 11.5 Å². The van der Waals surface area contributed by atoms with Crippen LogP contribution in [-0.2, 0) is 37.3 Å². The molecule has 2 N–H and O–H groups in total. The molecule has 0 spiro atoms. The molecule has 0 saturated carbocycles. The van der Waals surface area contributed by atoms with Crippen molar-refractivity contribution in [3.8, 4) is 17.2 Å². The molecule has 4 heterocycles. The van der Waals surface area contributed by atoms with Gasteiger partial charge in [-0.1, -0.05) is 32.0 Å². The summed E-state index contributed by atoms with van der Waals surface area (Å²) >= 11 is 0. The third-order valence-electron chi connectivity index (χ3n) is 8.48. The Morgan fingerprint density at radius 3 is 2.62 bits per heavy atom. The number of ether oxygens (including phenoxy) is 6. The zero-order chi connectivity index (χ0) is 33.7. The highest BCUT2D eigenvalue weighted by atomic mass is 32.2. The molecule has 0 radical (unpaired) electrons. The summed E-state index contributed by atoms with van der Waals surface area (Å²) in [6, 6.07) is 16.4. The van der Waals surface area contributed by atoms with Crippen molar-refractivity contribution in [2.45, 2.75) is 56.1 Å². The normalized spacial score (nSPS) is 21.2. The summed E-state index contributed by atoms with van der Waals surface area (Å²) in [5, 5.41) is 14.5. The van der Waals surface area contributed by atoms with Crippen LogP contribution in [0.5, 0.6) is 17.2 Å². The molecule has 5 atom stereocenters. The fourth-order valence-electron chi connectivity index (χ4n) is 5.96. The number of rotatable bonds is 14. The largest absolute Gasteiger partial charge is 0.487 e. The van der Waals surface area contributed by atoms with Crippen molar-refractivity contribution < 1.29 is 46.7 Å². The molecule has 2 saturated heterocycles. The molecule has 3 aromatic rings. The lowest BCUT2D eigenvalue weighted by atomic mass is 10.0. The molecule has 0 unspecified atom stereocenters. The number of alkyl carbamates (subject to hydrolysis) is 1. The maximum Gasteiger partial charge on any atom is 0.407 e. The number of amides is 1. The number of carbonyl (C=O) groups is 1. The van der Waals surface area contributed by atoms with Crippen LogP contribution in [0.4, 0.5) is 4.79 Å². The van der Waals surface area contributed by atoms with E-state index in [2.05, 4.69) is 10.3 Å². The van der Waals surface area contributed by atoms with E-state index < -0.39 is 34.4 Å². The van der Waals surface area contributed by atoms with E-state index in [9.17, 15) is 18.3 Å². The summed E-state index contributed by atoms with van der Waals surface area (Å²) in [7, 11) is -4.07. The molecule has 258 valence electrons. The predicted octanol–water partition coefficient (Wildman–Crippen LogP) is 3.15. The van der Waals surface area contributed by atoms with Gasteiger partial charge in [0.1, 0.15) is 18.5 Å². The van der Waals surface area contributed by atoms with E-state index >= 15 is 0 Å². The Kier molecular flexibility index (Phi) is 10.7. The van der Waals surface area contributed by atoms with Gasteiger partial charge < -0.3 is 38.8 Å². The van der Waals surface area contributed by atoms with Crippen LogP contribution in [0.3, 0.4) is 0 Å². The Morgan fingerprint density at radius 2 is 1.85 bits per heavy atom. The minimum Gasteiger partial charge on any atom is -0.487 e. The Hall–Kier alpha value is -3.95. The molecule has 1 aromatic heterocycles. The molecule has 0 bridgehead atoms. The number of nitrogens with zero attached hydrogens (tertiary/aromatic N) is 2. The van der Waals surface area contributed by atoms with Gasteiger partial charge in [0.25, 0.3) is 0 Å². The first kappa shape index (κ1) is 33.9. The smallest absolute Gasteiger partial charge is 0.407 e. The van der Waals surface area contributed by atoms with E-state index in [1.807, 2.05) is 44.2 Å². The first-order valence-corrected chi connectivity index (χ1v) is 17.5. The van der Waals surface area contributed by atoms with Crippen molar-refractivity contribution in [2.24, 2.45) is 11.8 Å². The van der Waals surface area contributed by atoms with Crippen molar-refractivity contribution in [1.82, 2.24) is 14.6 Å². The summed E-state index contributed by atoms with van der Waals surface area (Å²) in [4.78, 5) is 17.5. The molecule has 14 heteroatoms. The van der Waals surface area contributed by atoms with E-state index in [0.717, 1.165) is 11.3 Å². The van der Waals surface area contributed by atoms with Gasteiger partial charge in [-0.05, 0) is 54.3 Å². The van der Waals surface area contributed by atoms with Crippen LogP contribution < -0.4 is 19.5 Å². The van der Waals surface area contributed by atoms with E-state index in [0.29, 0.717) is 37.1 Å². The van der Waals surface area contributed by atoms with Crippen LogP contribution >= 0.6 is 0 Å². The van der Waals surface area contributed by atoms with E-state index in [1.54, 1.807) is 24.4 Å². The monoisotopic (exact) mass is 683 g/mol. The lowest BCUT2D eigenvalue weighted by Gasteiger charge is -2.31. The van der Waals surface area contributed by atoms with E-state index in [1.165, 1.54) is 16.4 Å². The molecule has 3 aliphatic heterocycles.